The zero-order valence-corrected chi connectivity index (χ0v) is 8.88. The summed E-state index contributed by atoms with van der Waals surface area (Å²) in [5.41, 5.74) is 0.733. The number of rotatable bonds is 3. The molecule has 2 aromatic rings. The lowest BCUT2D eigenvalue weighted by atomic mass is 10.2. The Morgan fingerprint density at radius 3 is 2.93 bits per heavy atom. The molecule has 0 amide bonds. The van der Waals surface area contributed by atoms with Crippen molar-refractivity contribution in [3.8, 4) is 0 Å². The third kappa shape index (κ3) is 2.02. The van der Waals surface area contributed by atoms with Crippen LogP contribution in [0.1, 0.15) is 25.6 Å². The second kappa shape index (κ2) is 4.03. The van der Waals surface area contributed by atoms with Crippen molar-refractivity contribution in [2.45, 2.75) is 19.9 Å². The molecule has 15 heavy (non-hydrogen) atoms. The third-order valence-electron chi connectivity index (χ3n) is 2.43. The number of benzene rings is 1. The van der Waals surface area contributed by atoms with Crippen molar-refractivity contribution in [1.82, 2.24) is 5.32 Å². The summed E-state index contributed by atoms with van der Waals surface area (Å²) >= 11 is 0. The molecule has 2 rings (SSSR count). The molecule has 0 saturated heterocycles. The molecule has 1 unspecified atom stereocenters. The van der Waals surface area contributed by atoms with E-state index in [0.717, 1.165) is 23.3 Å². The van der Waals surface area contributed by atoms with Gasteiger partial charge < -0.3 is 9.73 Å². The van der Waals surface area contributed by atoms with Crippen LogP contribution in [0.25, 0.3) is 11.0 Å². The van der Waals surface area contributed by atoms with Gasteiger partial charge in [0.25, 0.3) is 0 Å². The summed E-state index contributed by atoms with van der Waals surface area (Å²) in [4.78, 5) is 0. The normalized spacial score (nSPS) is 13.3. The van der Waals surface area contributed by atoms with Gasteiger partial charge in [-0.2, -0.15) is 0 Å². The average molecular weight is 207 g/mol. The number of halogens is 1. The predicted octanol–water partition coefficient (Wildman–Crippen LogP) is 3.24. The summed E-state index contributed by atoms with van der Waals surface area (Å²) in [6.45, 7) is 4.95. The topological polar surface area (TPSA) is 25.2 Å². The van der Waals surface area contributed by atoms with E-state index in [2.05, 4.69) is 5.32 Å². The van der Waals surface area contributed by atoms with E-state index in [4.69, 9.17) is 4.42 Å². The van der Waals surface area contributed by atoms with Crippen molar-refractivity contribution in [3.63, 3.8) is 0 Å². The van der Waals surface area contributed by atoms with E-state index in [-0.39, 0.29) is 11.9 Å². The number of hydrogen-bond acceptors (Lipinski definition) is 2. The molecule has 0 aliphatic rings. The fourth-order valence-corrected chi connectivity index (χ4v) is 1.65. The molecule has 80 valence electrons. The lowest BCUT2D eigenvalue weighted by Gasteiger charge is -2.07. The summed E-state index contributed by atoms with van der Waals surface area (Å²) in [6.07, 6.45) is 0. The maximum absolute atomic E-state index is 12.9. The van der Waals surface area contributed by atoms with Gasteiger partial charge in [-0.05, 0) is 37.7 Å². The summed E-state index contributed by atoms with van der Waals surface area (Å²) in [5, 5.41) is 4.06. The standard InChI is InChI=1S/C12H14FNO/c1-3-14-8(2)12-7-9-6-10(13)4-5-11(9)15-12/h4-8,14H,3H2,1-2H3. The molecule has 0 saturated carbocycles. The highest BCUT2D eigenvalue weighted by atomic mass is 19.1. The quantitative estimate of drug-likeness (QED) is 0.835. The van der Waals surface area contributed by atoms with Gasteiger partial charge in [-0.25, -0.2) is 4.39 Å². The lowest BCUT2D eigenvalue weighted by molar-refractivity contribution is 0.459. The first kappa shape index (κ1) is 10.2. The van der Waals surface area contributed by atoms with E-state index >= 15 is 0 Å². The molecule has 1 N–H and O–H groups in total. The zero-order valence-electron chi connectivity index (χ0n) is 8.88. The fraction of sp³-hybridized carbons (Fsp3) is 0.333. The Bertz CT molecular complexity index is 464. The van der Waals surface area contributed by atoms with Crippen LogP contribution in [0.3, 0.4) is 0 Å². The average Bonchev–Trinajstić information content (AvgIpc) is 2.60. The number of furan rings is 1. The minimum atomic E-state index is -0.231. The minimum absolute atomic E-state index is 0.158. The van der Waals surface area contributed by atoms with Crippen molar-refractivity contribution in [2.24, 2.45) is 0 Å². The van der Waals surface area contributed by atoms with E-state index in [1.807, 2.05) is 19.9 Å². The third-order valence-corrected chi connectivity index (χ3v) is 2.43. The molecular formula is C12H14FNO. The highest BCUT2D eigenvalue weighted by molar-refractivity contribution is 5.77. The van der Waals surface area contributed by atoms with Gasteiger partial charge in [0, 0.05) is 5.39 Å². The lowest BCUT2D eigenvalue weighted by Crippen LogP contribution is -2.16. The van der Waals surface area contributed by atoms with E-state index in [9.17, 15) is 4.39 Å². The van der Waals surface area contributed by atoms with E-state index < -0.39 is 0 Å². The van der Waals surface area contributed by atoms with Crippen molar-refractivity contribution in [2.75, 3.05) is 6.54 Å². The molecule has 1 heterocycles. The Morgan fingerprint density at radius 2 is 2.20 bits per heavy atom. The van der Waals surface area contributed by atoms with Crippen LogP contribution in [0.2, 0.25) is 0 Å². The van der Waals surface area contributed by atoms with Gasteiger partial charge in [-0.15, -0.1) is 0 Å². The Hall–Kier alpha value is -1.35. The first-order valence-electron chi connectivity index (χ1n) is 5.13. The molecule has 0 fully saturated rings. The second-order valence-electron chi connectivity index (χ2n) is 3.61. The zero-order chi connectivity index (χ0) is 10.8. The maximum atomic E-state index is 12.9. The van der Waals surface area contributed by atoms with Gasteiger partial charge in [0.15, 0.2) is 0 Å². The van der Waals surface area contributed by atoms with E-state index in [0.29, 0.717) is 0 Å². The number of nitrogens with one attached hydrogen (secondary N) is 1. The Kier molecular flexibility index (Phi) is 2.73. The van der Waals surface area contributed by atoms with Crippen LogP contribution in [0.4, 0.5) is 4.39 Å². The highest BCUT2D eigenvalue weighted by Gasteiger charge is 2.10. The smallest absolute Gasteiger partial charge is 0.134 e. The molecule has 0 aliphatic carbocycles. The fourth-order valence-electron chi connectivity index (χ4n) is 1.65. The molecule has 0 radical (unpaired) electrons. The minimum Gasteiger partial charge on any atom is -0.459 e. The monoisotopic (exact) mass is 207 g/mol. The first-order chi connectivity index (χ1) is 7.20. The van der Waals surface area contributed by atoms with Crippen LogP contribution in [-0.2, 0) is 0 Å². The summed E-state index contributed by atoms with van der Waals surface area (Å²) in [5.74, 6) is 0.614. The van der Waals surface area contributed by atoms with Crippen LogP contribution >= 0.6 is 0 Å². The molecule has 1 aromatic heterocycles. The SMILES string of the molecule is CCNC(C)c1cc2cc(F)ccc2o1. The molecule has 0 aliphatic heterocycles. The number of hydrogen-bond donors (Lipinski definition) is 1. The second-order valence-corrected chi connectivity index (χ2v) is 3.61. The Balaban J connectivity index is 2.38. The van der Waals surface area contributed by atoms with Gasteiger partial charge in [0.05, 0.1) is 6.04 Å². The molecule has 1 aromatic carbocycles. The Morgan fingerprint density at radius 1 is 1.40 bits per heavy atom. The van der Waals surface area contributed by atoms with Gasteiger partial charge in [-0.3, -0.25) is 0 Å². The van der Waals surface area contributed by atoms with Crippen molar-refractivity contribution >= 4 is 11.0 Å². The van der Waals surface area contributed by atoms with Gasteiger partial charge in [0.2, 0.25) is 0 Å². The summed E-state index contributed by atoms with van der Waals surface area (Å²) in [6, 6.07) is 6.60. The van der Waals surface area contributed by atoms with Crippen molar-refractivity contribution < 1.29 is 8.81 Å². The van der Waals surface area contributed by atoms with Crippen LogP contribution in [-0.4, -0.2) is 6.54 Å². The molecule has 3 heteroatoms. The highest BCUT2D eigenvalue weighted by Crippen LogP contribution is 2.24. The van der Waals surface area contributed by atoms with Crippen LogP contribution < -0.4 is 5.32 Å². The Labute approximate surface area is 88.1 Å². The van der Waals surface area contributed by atoms with Crippen LogP contribution in [0.5, 0.6) is 0 Å². The molecule has 2 nitrogen and oxygen atoms in total. The molecule has 1 atom stereocenters. The van der Waals surface area contributed by atoms with Crippen molar-refractivity contribution in [3.05, 3.63) is 35.8 Å². The molecular weight excluding hydrogens is 193 g/mol. The summed E-state index contributed by atoms with van der Waals surface area (Å²) in [7, 11) is 0. The predicted molar refractivity (Wildman–Crippen MR) is 58.3 cm³/mol. The molecule has 0 bridgehead atoms. The summed E-state index contributed by atoms with van der Waals surface area (Å²) < 4.78 is 18.5. The van der Waals surface area contributed by atoms with Gasteiger partial charge >= 0.3 is 0 Å². The van der Waals surface area contributed by atoms with Crippen LogP contribution in [0, 0.1) is 5.82 Å². The maximum Gasteiger partial charge on any atom is 0.134 e. The van der Waals surface area contributed by atoms with E-state index in [1.165, 1.54) is 12.1 Å². The van der Waals surface area contributed by atoms with Crippen molar-refractivity contribution in [1.29, 1.82) is 0 Å². The van der Waals surface area contributed by atoms with Gasteiger partial charge in [-0.1, -0.05) is 6.92 Å². The van der Waals surface area contributed by atoms with Crippen LogP contribution in [0.15, 0.2) is 28.7 Å². The first-order valence-corrected chi connectivity index (χ1v) is 5.13. The largest absolute Gasteiger partial charge is 0.459 e. The van der Waals surface area contributed by atoms with E-state index in [1.54, 1.807) is 6.07 Å². The van der Waals surface area contributed by atoms with Gasteiger partial charge in [0.1, 0.15) is 17.2 Å². The molecule has 0 spiro atoms. The number of fused-ring (bicyclic) bond motifs is 1.